The molecule has 0 spiro atoms. The second kappa shape index (κ2) is 3.95. The molecule has 0 aliphatic heterocycles. The fourth-order valence-electron chi connectivity index (χ4n) is 1.66. The van der Waals surface area contributed by atoms with Crippen LogP contribution < -0.4 is 0 Å². The summed E-state index contributed by atoms with van der Waals surface area (Å²) in [4.78, 5) is 11.5. The smallest absolute Gasteiger partial charge is 0.307 e. The number of rotatable bonds is 2. The fraction of sp³-hybridized carbons (Fsp3) is 0.0833. The van der Waals surface area contributed by atoms with Crippen LogP contribution in [0.4, 0.5) is 0 Å². The number of fused-ring (bicyclic) bond motifs is 1. The lowest BCUT2D eigenvalue weighted by atomic mass is 10.0. The van der Waals surface area contributed by atoms with E-state index in [1.807, 2.05) is 36.4 Å². The largest absolute Gasteiger partial charge is 0.481 e. The van der Waals surface area contributed by atoms with Crippen LogP contribution in [0.3, 0.4) is 0 Å². The number of hydrogen-bond acceptors (Lipinski definition) is 2. The summed E-state index contributed by atoms with van der Waals surface area (Å²) >= 11 is 4.29. The van der Waals surface area contributed by atoms with Crippen molar-refractivity contribution in [3.05, 3.63) is 42.0 Å². The number of carboxylic acid groups (broad SMARTS) is 1. The summed E-state index contributed by atoms with van der Waals surface area (Å²) in [6.45, 7) is 0. The first-order chi connectivity index (χ1) is 7.18. The second-order valence-corrected chi connectivity index (χ2v) is 3.84. The maximum atomic E-state index is 10.7. The highest BCUT2D eigenvalue weighted by atomic mass is 32.1. The first kappa shape index (κ1) is 10.1. The van der Waals surface area contributed by atoms with Gasteiger partial charge in [0.1, 0.15) is 0 Å². The number of carboxylic acids is 1. The number of thiol groups is 1. The van der Waals surface area contributed by atoms with Gasteiger partial charge in [-0.15, -0.1) is 12.6 Å². The molecule has 2 aromatic rings. The Morgan fingerprint density at radius 3 is 2.67 bits per heavy atom. The molecular formula is C12H10O2S. The van der Waals surface area contributed by atoms with Gasteiger partial charge < -0.3 is 5.11 Å². The molecular weight excluding hydrogens is 208 g/mol. The van der Waals surface area contributed by atoms with E-state index in [1.165, 1.54) is 0 Å². The molecule has 0 unspecified atom stereocenters. The van der Waals surface area contributed by atoms with Crippen molar-refractivity contribution in [3.63, 3.8) is 0 Å². The summed E-state index contributed by atoms with van der Waals surface area (Å²) in [7, 11) is 0. The van der Waals surface area contributed by atoms with Gasteiger partial charge in [-0.3, -0.25) is 4.79 Å². The van der Waals surface area contributed by atoms with Crippen molar-refractivity contribution in [2.45, 2.75) is 11.3 Å². The minimum atomic E-state index is -0.832. The van der Waals surface area contributed by atoms with Crippen LogP contribution in [-0.4, -0.2) is 11.1 Å². The molecule has 0 bridgehead atoms. The highest BCUT2D eigenvalue weighted by molar-refractivity contribution is 7.80. The SMILES string of the molecule is O=C(O)Cc1c(S)ccc2ccccc12. The summed E-state index contributed by atoms with van der Waals surface area (Å²) in [6.07, 6.45) is 0.0141. The van der Waals surface area contributed by atoms with Crippen LogP contribution in [0.5, 0.6) is 0 Å². The molecule has 2 aromatic carbocycles. The zero-order valence-corrected chi connectivity index (χ0v) is 8.87. The molecule has 2 rings (SSSR count). The molecule has 0 aliphatic carbocycles. The minimum Gasteiger partial charge on any atom is -0.481 e. The van der Waals surface area contributed by atoms with Crippen molar-refractivity contribution in [1.82, 2.24) is 0 Å². The van der Waals surface area contributed by atoms with Crippen molar-refractivity contribution in [2.24, 2.45) is 0 Å². The predicted octanol–water partition coefficient (Wildman–Crippen LogP) is 2.76. The van der Waals surface area contributed by atoms with Crippen molar-refractivity contribution >= 4 is 29.4 Å². The molecule has 0 radical (unpaired) electrons. The van der Waals surface area contributed by atoms with Crippen LogP contribution in [0.25, 0.3) is 10.8 Å². The van der Waals surface area contributed by atoms with E-state index in [9.17, 15) is 4.79 Å². The number of benzene rings is 2. The summed E-state index contributed by atoms with van der Waals surface area (Å²) in [5.41, 5.74) is 0.781. The van der Waals surface area contributed by atoms with Gasteiger partial charge in [-0.05, 0) is 22.4 Å². The third-order valence-electron chi connectivity index (χ3n) is 2.34. The lowest BCUT2D eigenvalue weighted by molar-refractivity contribution is -0.136. The van der Waals surface area contributed by atoms with E-state index in [-0.39, 0.29) is 6.42 Å². The van der Waals surface area contributed by atoms with Crippen molar-refractivity contribution in [3.8, 4) is 0 Å². The summed E-state index contributed by atoms with van der Waals surface area (Å²) in [5, 5.41) is 10.8. The molecule has 0 saturated heterocycles. The molecule has 0 amide bonds. The van der Waals surface area contributed by atoms with Crippen LogP contribution in [0.1, 0.15) is 5.56 Å². The van der Waals surface area contributed by atoms with Gasteiger partial charge in [-0.1, -0.05) is 30.3 Å². The minimum absolute atomic E-state index is 0.0141. The van der Waals surface area contributed by atoms with Crippen LogP contribution in [-0.2, 0) is 11.2 Å². The van der Waals surface area contributed by atoms with Gasteiger partial charge in [0.25, 0.3) is 0 Å². The Hall–Kier alpha value is -1.48. The molecule has 0 saturated carbocycles. The van der Waals surface area contributed by atoms with Crippen LogP contribution in [0.15, 0.2) is 41.3 Å². The Balaban J connectivity index is 2.68. The first-order valence-electron chi connectivity index (χ1n) is 4.60. The molecule has 0 atom stereocenters. The monoisotopic (exact) mass is 218 g/mol. The van der Waals surface area contributed by atoms with E-state index in [0.29, 0.717) is 0 Å². The molecule has 0 aliphatic rings. The standard InChI is InChI=1S/C12H10O2S/c13-12(14)7-10-9-4-2-1-3-8(9)5-6-11(10)15/h1-6,15H,7H2,(H,13,14). The third kappa shape index (κ3) is 1.97. The molecule has 15 heavy (non-hydrogen) atoms. The van der Waals surface area contributed by atoms with Crippen LogP contribution in [0.2, 0.25) is 0 Å². The van der Waals surface area contributed by atoms with Gasteiger partial charge in [-0.25, -0.2) is 0 Å². The molecule has 0 heterocycles. The first-order valence-corrected chi connectivity index (χ1v) is 5.04. The molecule has 3 heteroatoms. The van der Waals surface area contributed by atoms with E-state index < -0.39 is 5.97 Å². The van der Waals surface area contributed by atoms with Gasteiger partial charge >= 0.3 is 5.97 Å². The maximum Gasteiger partial charge on any atom is 0.307 e. The van der Waals surface area contributed by atoms with Crippen molar-refractivity contribution in [1.29, 1.82) is 0 Å². The average molecular weight is 218 g/mol. The number of aliphatic carboxylic acids is 1. The lowest BCUT2D eigenvalue weighted by Gasteiger charge is -2.07. The highest BCUT2D eigenvalue weighted by Crippen LogP contribution is 2.25. The van der Waals surface area contributed by atoms with Crippen molar-refractivity contribution < 1.29 is 9.90 Å². The molecule has 76 valence electrons. The molecule has 0 fully saturated rings. The van der Waals surface area contributed by atoms with Gasteiger partial charge in [0.15, 0.2) is 0 Å². The Morgan fingerprint density at radius 2 is 1.93 bits per heavy atom. The zero-order valence-electron chi connectivity index (χ0n) is 7.97. The molecule has 0 aromatic heterocycles. The van der Waals surface area contributed by atoms with Crippen molar-refractivity contribution in [2.75, 3.05) is 0 Å². The van der Waals surface area contributed by atoms with Crippen LogP contribution in [0, 0.1) is 0 Å². The number of hydrogen-bond donors (Lipinski definition) is 2. The Labute approximate surface area is 93.0 Å². The van der Waals surface area contributed by atoms with Gasteiger partial charge in [0.05, 0.1) is 6.42 Å². The van der Waals surface area contributed by atoms with Crippen LogP contribution >= 0.6 is 12.6 Å². The Kier molecular flexibility index (Phi) is 2.64. The Bertz CT molecular complexity index is 520. The lowest BCUT2D eigenvalue weighted by Crippen LogP contribution is -2.01. The van der Waals surface area contributed by atoms with E-state index in [0.717, 1.165) is 21.2 Å². The van der Waals surface area contributed by atoms with E-state index in [2.05, 4.69) is 12.6 Å². The fourth-order valence-corrected chi connectivity index (χ4v) is 1.94. The predicted molar refractivity (Wildman–Crippen MR) is 62.5 cm³/mol. The quantitative estimate of drug-likeness (QED) is 0.760. The normalized spacial score (nSPS) is 10.5. The topological polar surface area (TPSA) is 37.3 Å². The van der Waals surface area contributed by atoms with Gasteiger partial charge in [-0.2, -0.15) is 0 Å². The molecule has 2 nitrogen and oxygen atoms in total. The highest BCUT2D eigenvalue weighted by Gasteiger charge is 2.08. The second-order valence-electron chi connectivity index (χ2n) is 3.35. The Morgan fingerprint density at radius 1 is 1.20 bits per heavy atom. The maximum absolute atomic E-state index is 10.7. The average Bonchev–Trinajstić information content (AvgIpc) is 2.22. The summed E-state index contributed by atoms with van der Waals surface area (Å²) in [5.74, 6) is -0.832. The molecule has 1 N–H and O–H groups in total. The third-order valence-corrected chi connectivity index (χ3v) is 2.76. The van der Waals surface area contributed by atoms with E-state index >= 15 is 0 Å². The van der Waals surface area contributed by atoms with E-state index in [1.54, 1.807) is 0 Å². The number of carbonyl (C=O) groups is 1. The summed E-state index contributed by atoms with van der Waals surface area (Å²) in [6, 6.07) is 11.5. The van der Waals surface area contributed by atoms with Gasteiger partial charge in [0.2, 0.25) is 0 Å². The zero-order chi connectivity index (χ0) is 10.8. The summed E-state index contributed by atoms with van der Waals surface area (Å²) < 4.78 is 0. The van der Waals surface area contributed by atoms with E-state index in [4.69, 9.17) is 5.11 Å². The van der Waals surface area contributed by atoms with Gasteiger partial charge in [0, 0.05) is 4.90 Å².